The van der Waals surface area contributed by atoms with Gasteiger partial charge >= 0.3 is 0 Å². The van der Waals surface area contributed by atoms with E-state index >= 15 is 0 Å². The highest BCUT2D eigenvalue weighted by Crippen LogP contribution is 2.42. The highest BCUT2D eigenvalue weighted by Gasteiger charge is 2.47. The number of H-pyrrole nitrogens is 1. The maximum atomic E-state index is 13.5. The maximum absolute atomic E-state index is 13.5. The molecule has 5 rings (SSSR count). The second-order valence-electron chi connectivity index (χ2n) is 8.50. The molecule has 1 fully saturated rings. The molecule has 31 heavy (non-hydrogen) atoms. The number of aryl methyl sites for hydroxylation is 1. The molecule has 1 aromatic heterocycles. The molecule has 2 amide bonds. The van der Waals surface area contributed by atoms with Crippen LogP contribution in [0.25, 0.3) is 10.9 Å². The first-order valence-electron chi connectivity index (χ1n) is 10.8. The second-order valence-corrected chi connectivity index (χ2v) is 8.50. The van der Waals surface area contributed by atoms with Gasteiger partial charge in [0.25, 0.3) is 0 Å². The molecule has 6 nitrogen and oxygen atoms in total. The van der Waals surface area contributed by atoms with Crippen molar-refractivity contribution >= 4 is 22.7 Å². The third-order valence-electron chi connectivity index (χ3n) is 6.51. The van der Waals surface area contributed by atoms with Crippen LogP contribution < -0.4 is 0 Å². The van der Waals surface area contributed by atoms with Gasteiger partial charge in [0.15, 0.2) is 0 Å². The average molecular weight is 418 g/mol. The highest BCUT2D eigenvalue weighted by atomic mass is 16.5. The topological polar surface area (TPSA) is 65.6 Å². The molecule has 3 aromatic rings. The molecule has 160 valence electrons. The molecular formula is C25H27N3O3. The molecular weight excluding hydrogens is 390 g/mol. The van der Waals surface area contributed by atoms with Gasteiger partial charge in [-0.15, -0.1) is 0 Å². The number of hydrogen-bond donors (Lipinski definition) is 1. The van der Waals surface area contributed by atoms with Crippen LogP contribution in [0.4, 0.5) is 0 Å². The molecule has 0 radical (unpaired) electrons. The summed E-state index contributed by atoms with van der Waals surface area (Å²) in [5.74, 6) is 0.0284. The van der Waals surface area contributed by atoms with E-state index in [0.717, 1.165) is 34.1 Å². The van der Waals surface area contributed by atoms with Gasteiger partial charge < -0.3 is 19.5 Å². The Balaban J connectivity index is 1.61. The van der Waals surface area contributed by atoms with Crippen LogP contribution in [0.1, 0.15) is 34.8 Å². The zero-order chi connectivity index (χ0) is 21.5. The molecule has 0 unspecified atom stereocenters. The molecule has 2 aliphatic rings. The van der Waals surface area contributed by atoms with E-state index in [9.17, 15) is 9.59 Å². The van der Waals surface area contributed by atoms with Crippen LogP contribution >= 0.6 is 0 Å². The summed E-state index contributed by atoms with van der Waals surface area (Å²) in [6.45, 7) is 3.29. The number of carbonyl (C=O) groups is 2. The van der Waals surface area contributed by atoms with Crippen LogP contribution in [0.2, 0.25) is 0 Å². The standard InChI is InChI=1S/C25H27N3O3/c1-16-8-10-17(11-9-16)24-23-19(18-6-3-4-7-20(18)26-23)14-21-25(30)27(12-5-13-31-2)15-22(29)28(21)24/h3-4,6-11,21,24,26H,5,12-15H2,1-2H3/t21-,24+/m0/s1. The molecule has 1 N–H and O–H groups in total. The molecule has 6 heteroatoms. The predicted molar refractivity (Wildman–Crippen MR) is 119 cm³/mol. The first kappa shape index (κ1) is 19.8. The van der Waals surface area contributed by atoms with Gasteiger partial charge in [-0.25, -0.2) is 0 Å². The number of aromatic nitrogens is 1. The van der Waals surface area contributed by atoms with Crippen LogP contribution in [0.15, 0.2) is 48.5 Å². The van der Waals surface area contributed by atoms with Gasteiger partial charge in [0.2, 0.25) is 11.8 Å². The minimum absolute atomic E-state index is 0.00287. The Hall–Kier alpha value is -3.12. The van der Waals surface area contributed by atoms with Crippen molar-refractivity contribution in [3.8, 4) is 0 Å². The minimum Gasteiger partial charge on any atom is -0.385 e. The summed E-state index contributed by atoms with van der Waals surface area (Å²) in [6.07, 6.45) is 1.26. The Morgan fingerprint density at radius 3 is 2.65 bits per heavy atom. The molecule has 3 heterocycles. The molecule has 2 atom stereocenters. The van der Waals surface area contributed by atoms with Crippen molar-refractivity contribution in [3.05, 3.63) is 70.9 Å². The van der Waals surface area contributed by atoms with E-state index in [0.29, 0.717) is 19.6 Å². The number of ether oxygens (including phenoxy) is 1. The SMILES string of the molecule is COCCCN1CC(=O)N2[C@H](c3ccc(C)cc3)c3[nH]c4ccccc4c3C[C@H]2C1=O. The van der Waals surface area contributed by atoms with Gasteiger partial charge in [0, 0.05) is 43.3 Å². The van der Waals surface area contributed by atoms with E-state index in [1.165, 1.54) is 5.56 Å². The summed E-state index contributed by atoms with van der Waals surface area (Å²) in [5, 5.41) is 1.13. The number of nitrogens with one attached hydrogen (secondary N) is 1. The van der Waals surface area contributed by atoms with Crippen molar-refractivity contribution in [1.29, 1.82) is 0 Å². The number of nitrogens with zero attached hydrogens (tertiary/aromatic N) is 2. The van der Waals surface area contributed by atoms with E-state index in [2.05, 4.69) is 48.3 Å². The first-order chi connectivity index (χ1) is 15.1. The van der Waals surface area contributed by atoms with Crippen LogP contribution in [0.3, 0.4) is 0 Å². The second kappa shape index (κ2) is 7.85. The number of benzene rings is 2. The lowest BCUT2D eigenvalue weighted by molar-refractivity contribution is -0.158. The van der Waals surface area contributed by atoms with E-state index < -0.39 is 6.04 Å². The monoisotopic (exact) mass is 417 g/mol. The van der Waals surface area contributed by atoms with Crippen molar-refractivity contribution in [2.45, 2.75) is 31.8 Å². The predicted octanol–water partition coefficient (Wildman–Crippen LogP) is 3.20. The lowest BCUT2D eigenvalue weighted by atomic mass is 9.86. The van der Waals surface area contributed by atoms with E-state index in [4.69, 9.17) is 4.74 Å². The zero-order valence-corrected chi connectivity index (χ0v) is 17.9. The quantitative estimate of drug-likeness (QED) is 0.649. The Labute approximate surface area is 181 Å². The summed E-state index contributed by atoms with van der Waals surface area (Å²) in [5.41, 5.74) is 5.40. The number of methoxy groups -OCH3 is 1. The molecule has 0 aliphatic carbocycles. The van der Waals surface area contributed by atoms with Gasteiger partial charge in [0.1, 0.15) is 6.04 Å². The summed E-state index contributed by atoms with van der Waals surface area (Å²) in [4.78, 5) is 33.9. The third-order valence-corrected chi connectivity index (χ3v) is 6.51. The van der Waals surface area contributed by atoms with Gasteiger partial charge in [-0.05, 0) is 30.5 Å². The lowest BCUT2D eigenvalue weighted by Crippen LogP contribution is -2.63. The van der Waals surface area contributed by atoms with Gasteiger partial charge in [0.05, 0.1) is 12.6 Å². The smallest absolute Gasteiger partial charge is 0.246 e. The van der Waals surface area contributed by atoms with Crippen molar-refractivity contribution < 1.29 is 14.3 Å². The number of hydrogen-bond acceptors (Lipinski definition) is 3. The Morgan fingerprint density at radius 1 is 1.10 bits per heavy atom. The van der Waals surface area contributed by atoms with Crippen LogP contribution in [-0.4, -0.2) is 59.4 Å². The number of carbonyl (C=O) groups excluding carboxylic acids is 2. The van der Waals surface area contributed by atoms with Crippen LogP contribution in [0.5, 0.6) is 0 Å². The largest absolute Gasteiger partial charge is 0.385 e. The van der Waals surface area contributed by atoms with Crippen molar-refractivity contribution in [2.24, 2.45) is 0 Å². The zero-order valence-electron chi connectivity index (χ0n) is 17.9. The normalized spacial score (nSPS) is 20.8. The van der Waals surface area contributed by atoms with Gasteiger partial charge in [-0.3, -0.25) is 9.59 Å². The summed E-state index contributed by atoms with van der Waals surface area (Å²) in [7, 11) is 1.65. The number of rotatable bonds is 5. The van der Waals surface area contributed by atoms with E-state index in [1.54, 1.807) is 12.0 Å². The van der Waals surface area contributed by atoms with Crippen molar-refractivity contribution in [3.63, 3.8) is 0 Å². The summed E-state index contributed by atoms with van der Waals surface area (Å²) in [6, 6.07) is 15.7. The molecule has 0 bridgehead atoms. The van der Waals surface area contributed by atoms with Crippen molar-refractivity contribution in [1.82, 2.24) is 14.8 Å². The first-order valence-corrected chi connectivity index (χ1v) is 10.8. The average Bonchev–Trinajstić information content (AvgIpc) is 3.15. The molecule has 0 saturated carbocycles. The van der Waals surface area contributed by atoms with E-state index in [-0.39, 0.29) is 24.4 Å². The number of fused-ring (bicyclic) bond motifs is 4. The molecule has 2 aromatic carbocycles. The van der Waals surface area contributed by atoms with Crippen molar-refractivity contribution in [2.75, 3.05) is 26.8 Å². The lowest BCUT2D eigenvalue weighted by Gasteiger charge is -2.47. The van der Waals surface area contributed by atoms with Crippen LogP contribution in [-0.2, 0) is 20.7 Å². The summed E-state index contributed by atoms with van der Waals surface area (Å²) >= 11 is 0. The minimum atomic E-state index is -0.484. The van der Waals surface area contributed by atoms with Gasteiger partial charge in [-0.1, -0.05) is 48.0 Å². The number of aromatic amines is 1. The Morgan fingerprint density at radius 2 is 1.87 bits per heavy atom. The maximum Gasteiger partial charge on any atom is 0.246 e. The number of piperazine rings is 1. The molecule has 2 aliphatic heterocycles. The fourth-order valence-corrected chi connectivity index (χ4v) is 5.01. The fourth-order valence-electron chi connectivity index (χ4n) is 5.01. The number of amides is 2. The molecule has 0 spiro atoms. The Kier molecular flexibility index (Phi) is 5.02. The van der Waals surface area contributed by atoms with E-state index in [1.807, 2.05) is 17.0 Å². The molecule has 1 saturated heterocycles. The highest BCUT2D eigenvalue weighted by molar-refractivity contribution is 5.97. The fraction of sp³-hybridized carbons (Fsp3) is 0.360. The number of para-hydroxylation sites is 1. The Bertz CT molecular complexity index is 1130. The van der Waals surface area contributed by atoms with Crippen LogP contribution in [0, 0.1) is 6.92 Å². The summed E-state index contributed by atoms with van der Waals surface area (Å²) < 4.78 is 5.13. The third kappa shape index (κ3) is 3.31. The van der Waals surface area contributed by atoms with Gasteiger partial charge in [-0.2, -0.15) is 0 Å².